The summed E-state index contributed by atoms with van der Waals surface area (Å²) in [5.74, 6) is -0.463. The van der Waals surface area contributed by atoms with Gasteiger partial charge in [0.15, 0.2) is 0 Å². The molecule has 0 radical (unpaired) electrons. The normalized spacial score (nSPS) is 41.6. The van der Waals surface area contributed by atoms with E-state index in [1.165, 1.54) is 19.3 Å². The molecule has 0 aromatic carbocycles. The van der Waals surface area contributed by atoms with Crippen molar-refractivity contribution in [3.63, 3.8) is 0 Å². The molecule has 3 nitrogen and oxygen atoms in total. The number of hydrogen-bond acceptors (Lipinski definition) is 3. The molecule has 0 aromatic rings. The Hall–Kier alpha value is -0.120. The van der Waals surface area contributed by atoms with E-state index in [1.54, 1.807) is 0 Å². The summed E-state index contributed by atoms with van der Waals surface area (Å²) in [5.41, 5.74) is 5.46. The standard InChI is InChI=1S/C12H23NO2/c1-9-5-10-3-2-4-11(6-9,7-10)8-12(13,14)15/h9-10,14-15H,2-8,13H2,1H3. The Labute approximate surface area is 91.7 Å². The van der Waals surface area contributed by atoms with E-state index >= 15 is 0 Å². The molecule has 88 valence electrons. The van der Waals surface area contributed by atoms with Gasteiger partial charge in [-0.3, -0.25) is 5.73 Å². The fraction of sp³-hybridized carbons (Fsp3) is 1.00. The molecule has 0 amide bonds. The maximum atomic E-state index is 9.40. The fourth-order valence-electron chi connectivity index (χ4n) is 4.15. The molecule has 2 fully saturated rings. The van der Waals surface area contributed by atoms with Gasteiger partial charge in [-0.1, -0.05) is 19.8 Å². The third-order valence-corrected chi connectivity index (χ3v) is 4.19. The van der Waals surface area contributed by atoms with Crippen molar-refractivity contribution >= 4 is 0 Å². The summed E-state index contributed by atoms with van der Waals surface area (Å²) >= 11 is 0. The molecular formula is C12H23NO2. The quantitative estimate of drug-likeness (QED) is 0.610. The lowest BCUT2D eigenvalue weighted by Crippen LogP contribution is -2.48. The minimum Gasteiger partial charge on any atom is -0.354 e. The molecule has 3 heteroatoms. The van der Waals surface area contributed by atoms with Crippen LogP contribution >= 0.6 is 0 Å². The predicted molar refractivity (Wildman–Crippen MR) is 58.8 cm³/mol. The molecular weight excluding hydrogens is 190 g/mol. The highest BCUT2D eigenvalue weighted by Gasteiger charge is 2.45. The Morgan fingerprint density at radius 2 is 2.13 bits per heavy atom. The smallest absolute Gasteiger partial charge is 0.220 e. The maximum absolute atomic E-state index is 9.40. The van der Waals surface area contributed by atoms with Crippen LogP contribution in [0.4, 0.5) is 0 Å². The average molecular weight is 213 g/mol. The van der Waals surface area contributed by atoms with Crippen LogP contribution in [0.25, 0.3) is 0 Å². The molecule has 0 saturated heterocycles. The van der Waals surface area contributed by atoms with Gasteiger partial charge in [0.05, 0.1) is 0 Å². The van der Waals surface area contributed by atoms with Crippen molar-refractivity contribution in [2.45, 2.75) is 57.8 Å². The van der Waals surface area contributed by atoms with Gasteiger partial charge in [-0.05, 0) is 42.9 Å². The molecule has 2 saturated carbocycles. The predicted octanol–water partition coefficient (Wildman–Crippen LogP) is 1.58. The van der Waals surface area contributed by atoms with E-state index in [4.69, 9.17) is 5.73 Å². The highest BCUT2D eigenvalue weighted by molar-refractivity contribution is 4.94. The van der Waals surface area contributed by atoms with Gasteiger partial charge >= 0.3 is 0 Å². The maximum Gasteiger partial charge on any atom is 0.220 e. The monoisotopic (exact) mass is 213 g/mol. The van der Waals surface area contributed by atoms with Gasteiger partial charge in [0.2, 0.25) is 5.91 Å². The zero-order chi connectivity index (χ0) is 11.1. The third kappa shape index (κ3) is 2.71. The molecule has 2 aliphatic rings. The Balaban J connectivity index is 2.10. The summed E-state index contributed by atoms with van der Waals surface area (Å²) in [6, 6.07) is 0. The second-order valence-corrected chi connectivity index (χ2v) is 6.06. The van der Waals surface area contributed by atoms with E-state index in [1.807, 2.05) is 0 Å². The van der Waals surface area contributed by atoms with Crippen LogP contribution in [0.3, 0.4) is 0 Å². The van der Waals surface area contributed by atoms with Crippen LogP contribution in [0, 0.1) is 17.3 Å². The van der Waals surface area contributed by atoms with Crippen molar-refractivity contribution in [1.29, 1.82) is 0 Å². The van der Waals surface area contributed by atoms with Gasteiger partial charge in [-0.25, -0.2) is 0 Å². The van der Waals surface area contributed by atoms with Crippen LogP contribution in [-0.2, 0) is 0 Å². The molecule has 2 bridgehead atoms. The molecule has 3 unspecified atom stereocenters. The number of nitrogens with two attached hydrogens (primary N) is 1. The van der Waals surface area contributed by atoms with Crippen molar-refractivity contribution in [1.82, 2.24) is 0 Å². The van der Waals surface area contributed by atoms with Gasteiger partial charge in [0.1, 0.15) is 0 Å². The second-order valence-electron chi connectivity index (χ2n) is 6.06. The molecule has 2 rings (SSSR count). The number of fused-ring (bicyclic) bond motifs is 2. The Kier molecular flexibility index (Phi) is 2.82. The van der Waals surface area contributed by atoms with E-state index in [9.17, 15) is 10.2 Å². The first-order valence-corrected chi connectivity index (χ1v) is 6.12. The van der Waals surface area contributed by atoms with Gasteiger partial charge in [0, 0.05) is 6.42 Å². The van der Waals surface area contributed by atoms with Crippen molar-refractivity contribution in [3.8, 4) is 0 Å². The molecule has 4 N–H and O–H groups in total. The van der Waals surface area contributed by atoms with Crippen molar-refractivity contribution in [2.24, 2.45) is 23.0 Å². The number of rotatable bonds is 2. The first-order valence-electron chi connectivity index (χ1n) is 6.12. The number of hydrogen-bond donors (Lipinski definition) is 3. The fourth-order valence-corrected chi connectivity index (χ4v) is 4.15. The van der Waals surface area contributed by atoms with E-state index < -0.39 is 5.91 Å². The summed E-state index contributed by atoms with van der Waals surface area (Å²) < 4.78 is 0. The Morgan fingerprint density at radius 1 is 1.40 bits per heavy atom. The third-order valence-electron chi connectivity index (χ3n) is 4.19. The molecule has 15 heavy (non-hydrogen) atoms. The van der Waals surface area contributed by atoms with E-state index in [0.717, 1.165) is 25.2 Å². The average Bonchev–Trinajstić information content (AvgIpc) is 1.97. The zero-order valence-corrected chi connectivity index (χ0v) is 9.58. The van der Waals surface area contributed by atoms with Crippen LogP contribution in [0.1, 0.15) is 51.9 Å². The largest absolute Gasteiger partial charge is 0.354 e. The van der Waals surface area contributed by atoms with Crippen molar-refractivity contribution in [2.75, 3.05) is 0 Å². The van der Waals surface area contributed by atoms with E-state index in [-0.39, 0.29) is 5.41 Å². The van der Waals surface area contributed by atoms with Crippen molar-refractivity contribution < 1.29 is 10.2 Å². The molecule has 3 atom stereocenters. The summed E-state index contributed by atoms with van der Waals surface area (Å²) in [6.45, 7) is 2.28. The van der Waals surface area contributed by atoms with Crippen LogP contribution < -0.4 is 5.73 Å². The summed E-state index contributed by atoms with van der Waals surface area (Å²) in [4.78, 5) is 0. The molecule has 0 heterocycles. The summed E-state index contributed by atoms with van der Waals surface area (Å²) in [5, 5.41) is 18.8. The summed E-state index contributed by atoms with van der Waals surface area (Å²) in [7, 11) is 0. The lowest BCUT2D eigenvalue weighted by molar-refractivity contribution is -0.191. The van der Waals surface area contributed by atoms with E-state index in [2.05, 4.69) is 6.92 Å². The Morgan fingerprint density at radius 3 is 2.80 bits per heavy atom. The van der Waals surface area contributed by atoms with Gasteiger partial charge in [-0.2, -0.15) is 0 Å². The van der Waals surface area contributed by atoms with Crippen LogP contribution in [-0.4, -0.2) is 16.1 Å². The molecule has 0 aromatic heterocycles. The first-order chi connectivity index (χ1) is 6.89. The highest BCUT2D eigenvalue weighted by Crippen LogP contribution is 2.53. The minimum atomic E-state index is -1.97. The first kappa shape index (κ1) is 11.4. The van der Waals surface area contributed by atoms with Gasteiger partial charge in [-0.15, -0.1) is 0 Å². The van der Waals surface area contributed by atoms with Crippen molar-refractivity contribution in [3.05, 3.63) is 0 Å². The van der Waals surface area contributed by atoms with Crippen LogP contribution in [0.15, 0.2) is 0 Å². The second kappa shape index (κ2) is 3.72. The van der Waals surface area contributed by atoms with Gasteiger partial charge in [0.25, 0.3) is 0 Å². The van der Waals surface area contributed by atoms with E-state index in [0.29, 0.717) is 12.3 Å². The SMILES string of the molecule is CC1CC2CCCC(CC(N)(O)O)(C1)C2. The topological polar surface area (TPSA) is 66.5 Å². The molecule has 0 aliphatic heterocycles. The van der Waals surface area contributed by atoms with Crippen LogP contribution in [0.5, 0.6) is 0 Å². The number of aliphatic hydroxyl groups is 2. The van der Waals surface area contributed by atoms with Gasteiger partial charge < -0.3 is 10.2 Å². The Bertz CT molecular complexity index is 232. The molecule has 2 aliphatic carbocycles. The molecule has 0 spiro atoms. The zero-order valence-electron chi connectivity index (χ0n) is 9.58. The lowest BCUT2D eigenvalue weighted by Gasteiger charge is -2.49. The van der Waals surface area contributed by atoms with Crippen LogP contribution in [0.2, 0.25) is 0 Å². The summed E-state index contributed by atoms with van der Waals surface area (Å²) in [6.07, 6.45) is 7.60. The lowest BCUT2D eigenvalue weighted by atomic mass is 9.57. The minimum absolute atomic E-state index is 0.110. The highest BCUT2D eigenvalue weighted by atomic mass is 16.5.